The lowest BCUT2D eigenvalue weighted by Crippen LogP contribution is -2.58. The number of nitrogen functional groups attached to an aromatic ring is 1. The Hall–Kier alpha value is -2.41. The van der Waals surface area contributed by atoms with E-state index in [1.54, 1.807) is 6.92 Å². The minimum Gasteiger partial charge on any atom is -0.459 e. The van der Waals surface area contributed by atoms with Gasteiger partial charge in [-0.3, -0.25) is 9.36 Å². The van der Waals surface area contributed by atoms with Crippen LogP contribution in [-0.4, -0.2) is 71.3 Å². The van der Waals surface area contributed by atoms with Gasteiger partial charge in [0.15, 0.2) is 17.0 Å². The van der Waals surface area contributed by atoms with Crippen molar-refractivity contribution in [3.05, 3.63) is 12.4 Å². The Morgan fingerprint density at radius 3 is 2.62 bits per heavy atom. The molecule has 1 saturated heterocycles. The second-order valence-corrected chi connectivity index (χ2v) is 16.4. The summed E-state index contributed by atoms with van der Waals surface area (Å²) in [4.78, 5) is 24.9. The van der Waals surface area contributed by atoms with Crippen molar-refractivity contribution < 1.29 is 34.0 Å². The van der Waals surface area contributed by atoms with E-state index < -0.39 is 24.0 Å². The maximum atomic E-state index is 14.0. The minimum absolute atomic E-state index is 0.0791. The number of carbonyl (C=O) groups is 1. The molecule has 5 fully saturated rings. The fourth-order valence-electron chi connectivity index (χ4n) is 11.4. The first-order chi connectivity index (χ1) is 22.3. The molecule has 0 spiro atoms. The number of nitrogens with zero attached hydrogens (tertiary/aromatic N) is 4. The van der Waals surface area contributed by atoms with Crippen molar-refractivity contribution >= 4 is 23.0 Å². The lowest BCUT2D eigenvalue weighted by atomic mass is 9.43. The maximum absolute atomic E-state index is 14.0. The van der Waals surface area contributed by atoms with Crippen molar-refractivity contribution in [1.82, 2.24) is 19.5 Å². The minimum atomic E-state index is -1.16. The van der Waals surface area contributed by atoms with Crippen LogP contribution in [0.1, 0.15) is 105 Å². The van der Waals surface area contributed by atoms with E-state index in [1.165, 1.54) is 10.9 Å². The highest BCUT2D eigenvalue weighted by Gasteiger charge is 2.63. The molecular formula is C35H52FN5O6. The predicted molar refractivity (Wildman–Crippen MR) is 171 cm³/mol. The monoisotopic (exact) mass is 657 g/mol. The number of esters is 1. The van der Waals surface area contributed by atoms with Gasteiger partial charge in [0.2, 0.25) is 0 Å². The van der Waals surface area contributed by atoms with E-state index in [0.717, 1.165) is 51.4 Å². The van der Waals surface area contributed by atoms with Crippen LogP contribution in [0, 0.1) is 52.4 Å². The lowest BCUT2D eigenvalue weighted by molar-refractivity contribution is -0.174. The van der Waals surface area contributed by atoms with Crippen LogP contribution < -0.4 is 5.73 Å². The Balaban J connectivity index is 0.986. The summed E-state index contributed by atoms with van der Waals surface area (Å²) < 4.78 is 27.6. The van der Waals surface area contributed by atoms with Gasteiger partial charge in [0.05, 0.1) is 25.1 Å². The van der Waals surface area contributed by atoms with Gasteiger partial charge in [-0.2, -0.15) is 14.4 Å². The third-order valence-electron chi connectivity index (χ3n) is 14.0. The summed E-state index contributed by atoms with van der Waals surface area (Å²) in [6.45, 7) is 8.48. The number of aromatic nitrogens is 4. The molecule has 11 nitrogen and oxygen atoms in total. The fraction of sp³-hybridized carbons (Fsp3) is 0.829. The number of ether oxygens (including phenoxy) is 2. The first kappa shape index (κ1) is 33.1. The van der Waals surface area contributed by atoms with Gasteiger partial charge in [0.25, 0.3) is 0 Å². The molecule has 3 heterocycles. The van der Waals surface area contributed by atoms with E-state index in [2.05, 4.69) is 35.7 Å². The number of carbonyl (C=O) groups excluding carboxylic acids is 1. The highest BCUT2D eigenvalue weighted by Crippen LogP contribution is 2.68. The molecule has 47 heavy (non-hydrogen) atoms. The summed E-state index contributed by atoms with van der Waals surface area (Å²) in [5, 5.41) is 32.2. The third-order valence-corrected chi connectivity index (χ3v) is 14.0. The van der Waals surface area contributed by atoms with Crippen molar-refractivity contribution in [2.45, 2.75) is 128 Å². The first-order valence-electron chi connectivity index (χ1n) is 17.8. The summed E-state index contributed by atoms with van der Waals surface area (Å²) in [5.74, 6) is 2.08. The molecule has 0 bridgehead atoms. The number of hydrogen-bond acceptors (Lipinski definition) is 10. The molecule has 260 valence electrons. The molecular weight excluding hydrogens is 605 g/mol. The molecule has 0 aromatic carbocycles. The third kappa shape index (κ3) is 5.36. The summed E-state index contributed by atoms with van der Waals surface area (Å²) >= 11 is 0. The number of nitrogens with two attached hydrogens (primary N) is 1. The molecule has 2 unspecified atom stereocenters. The largest absolute Gasteiger partial charge is 0.459 e. The zero-order valence-electron chi connectivity index (χ0n) is 28.1. The SMILES string of the molecule is C[C@H](CCC(=O)O[C@H]1C[C@H](n2cnc3c(N)nc(F)nc32)O[C@]1(C)CO)[C@H]1CCC2[C@H]3C(CC[C@@]21C)[C@@]1(C)CC[C@@H](O)C[C@H]1C[C@@H]3O. The van der Waals surface area contributed by atoms with E-state index in [4.69, 9.17) is 15.2 Å². The Morgan fingerprint density at radius 1 is 1.11 bits per heavy atom. The standard InChI is InChI=1S/C35H52FN5O6/c1-18(21-6-7-22-28-23(10-12-34(21,22)3)33(2)11-9-20(43)13-19(33)14-24(28)44)5-8-27(45)46-25-15-26(47-35(25,4)16-42)41-17-38-29-30(37)39-32(36)40-31(29)41/h17-26,28,42-44H,5-16H2,1-4H3,(H2,37,39,40)/t18-,19+,20-,21-,22?,23?,24+,25+,26-,28+,33+,34-,35-/m1/s1. The zero-order valence-corrected chi connectivity index (χ0v) is 28.1. The predicted octanol–water partition coefficient (Wildman–Crippen LogP) is 4.54. The van der Waals surface area contributed by atoms with E-state index in [9.17, 15) is 24.5 Å². The average Bonchev–Trinajstić information content (AvgIpc) is 3.70. The molecule has 5 aliphatic rings. The van der Waals surface area contributed by atoms with Gasteiger partial charge in [-0.1, -0.05) is 20.8 Å². The highest BCUT2D eigenvalue weighted by atomic mass is 19.1. The van der Waals surface area contributed by atoms with Gasteiger partial charge in [0, 0.05) is 12.8 Å². The molecule has 2 aromatic rings. The van der Waals surface area contributed by atoms with Crippen LogP contribution in [-0.2, 0) is 14.3 Å². The normalized spacial score (nSPS) is 43.7. The number of aliphatic hydroxyl groups is 3. The number of fused-ring (bicyclic) bond motifs is 6. The number of hydrogen-bond donors (Lipinski definition) is 4. The van der Waals surface area contributed by atoms with Gasteiger partial charge < -0.3 is 30.5 Å². The van der Waals surface area contributed by atoms with E-state index in [1.807, 2.05) is 0 Å². The molecule has 1 aliphatic heterocycles. The smallest absolute Gasteiger partial charge is 0.312 e. The average molecular weight is 658 g/mol. The summed E-state index contributed by atoms with van der Waals surface area (Å²) in [6, 6.07) is 0. The number of anilines is 1. The van der Waals surface area contributed by atoms with Gasteiger partial charge >= 0.3 is 12.0 Å². The zero-order chi connectivity index (χ0) is 33.5. The van der Waals surface area contributed by atoms with Crippen LogP contribution >= 0.6 is 0 Å². The second-order valence-electron chi connectivity index (χ2n) is 16.4. The van der Waals surface area contributed by atoms with Crippen LogP contribution in [0.5, 0.6) is 0 Å². The maximum Gasteiger partial charge on any atom is 0.312 e. The molecule has 2 aromatic heterocycles. The number of halogens is 1. The summed E-state index contributed by atoms with van der Waals surface area (Å²) in [7, 11) is 0. The Kier molecular flexibility index (Phi) is 8.37. The molecule has 13 atom stereocenters. The van der Waals surface area contributed by atoms with Crippen molar-refractivity contribution in [1.29, 1.82) is 0 Å². The van der Waals surface area contributed by atoms with Crippen molar-refractivity contribution in [3.8, 4) is 0 Å². The Bertz CT molecular complexity index is 1510. The molecule has 0 radical (unpaired) electrons. The highest BCUT2D eigenvalue weighted by molar-refractivity contribution is 5.81. The molecule has 4 aliphatic carbocycles. The topological polar surface area (TPSA) is 166 Å². The van der Waals surface area contributed by atoms with Crippen molar-refractivity contribution in [2.24, 2.45) is 46.3 Å². The number of rotatable bonds is 7. The van der Waals surface area contributed by atoms with Crippen LogP contribution in [0.15, 0.2) is 6.33 Å². The quantitative estimate of drug-likeness (QED) is 0.245. The van der Waals surface area contributed by atoms with Crippen LogP contribution in [0.25, 0.3) is 11.2 Å². The molecule has 5 N–H and O–H groups in total. The van der Waals surface area contributed by atoms with Gasteiger partial charge in [-0.25, -0.2) is 4.98 Å². The van der Waals surface area contributed by atoms with Gasteiger partial charge in [0.1, 0.15) is 17.9 Å². The Labute approximate surface area is 275 Å². The molecule has 12 heteroatoms. The molecule has 4 saturated carbocycles. The molecule has 7 rings (SSSR count). The summed E-state index contributed by atoms with van der Waals surface area (Å²) in [5.41, 5.74) is 5.41. The lowest BCUT2D eigenvalue weighted by Gasteiger charge is -2.62. The summed E-state index contributed by atoms with van der Waals surface area (Å²) in [6.07, 6.45) is 7.79. The number of aliphatic hydroxyl groups excluding tert-OH is 3. The van der Waals surface area contributed by atoms with Crippen LogP contribution in [0.3, 0.4) is 0 Å². The van der Waals surface area contributed by atoms with Crippen molar-refractivity contribution in [2.75, 3.05) is 12.3 Å². The van der Waals surface area contributed by atoms with Gasteiger partial charge in [-0.05, 0) is 111 Å². The fourth-order valence-corrected chi connectivity index (χ4v) is 11.4. The van der Waals surface area contributed by atoms with E-state index in [-0.39, 0.29) is 65.4 Å². The Morgan fingerprint density at radius 2 is 1.85 bits per heavy atom. The molecule has 0 amide bonds. The first-order valence-corrected chi connectivity index (χ1v) is 17.8. The van der Waals surface area contributed by atoms with E-state index >= 15 is 0 Å². The van der Waals surface area contributed by atoms with Crippen LogP contribution in [0.2, 0.25) is 0 Å². The van der Waals surface area contributed by atoms with E-state index in [0.29, 0.717) is 41.9 Å². The second kappa shape index (κ2) is 11.9. The van der Waals surface area contributed by atoms with Gasteiger partial charge in [-0.15, -0.1) is 0 Å². The number of imidazole rings is 1. The van der Waals surface area contributed by atoms with Crippen molar-refractivity contribution in [3.63, 3.8) is 0 Å². The van der Waals surface area contributed by atoms with Crippen LogP contribution in [0.4, 0.5) is 10.2 Å².